The summed E-state index contributed by atoms with van der Waals surface area (Å²) in [6, 6.07) is 2.17. The largest absolute Gasteiger partial charge is 0.453 e. The molecule has 0 amide bonds. The summed E-state index contributed by atoms with van der Waals surface area (Å²) in [6.45, 7) is 4.25. The summed E-state index contributed by atoms with van der Waals surface area (Å²) in [6.07, 6.45) is 4.18. The standard InChI is InChI=1S/C13H13BrO2S/c1-8-7-10(14)9(2)11-12(8)17-6-3-13(11)15-4-5-16-13/h4-5,7H,3,6H2,1-2H3. The normalized spacial score (nSPS) is 19.9. The Morgan fingerprint density at radius 3 is 2.71 bits per heavy atom. The fourth-order valence-electron chi connectivity index (χ4n) is 2.45. The summed E-state index contributed by atoms with van der Waals surface area (Å²) in [7, 11) is 0. The Morgan fingerprint density at radius 1 is 1.29 bits per heavy atom. The highest BCUT2D eigenvalue weighted by molar-refractivity contribution is 9.10. The molecule has 0 saturated carbocycles. The smallest absolute Gasteiger partial charge is 0.278 e. The summed E-state index contributed by atoms with van der Waals surface area (Å²) in [5.41, 5.74) is 3.67. The molecule has 1 aromatic carbocycles. The third kappa shape index (κ3) is 1.61. The van der Waals surface area contributed by atoms with Gasteiger partial charge in [-0.05, 0) is 31.0 Å². The predicted octanol–water partition coefficient (Wildman–Crippen LogP) is 4.23. The minimum atomic E-state index is -0.584. The fraction of sp³-hybridized carbons (Fsp3) is 0.385. The van der Waals surface area contributed by atoms with E-state index >= 15 is 0 Å². The molecule has 0 aromatic heterocycles. The molecule has 0 radical (unpaired) electrons. The van der Waals surface area contributed by atoms with Crippen LogP contribution in [0.3, 0.4) is 0 Å². The quantitative estimate of drug-likeness (QED) is 0.714. The summed E-state index contributed by atoms with van der Waals surface area (Å²) in [4.78, 5) is 1.31. The van der Waals surface area contributed by atoms with Gasteiger partial charge in [0.15, 0.2) is 0 Å². The summed E-state index contributed by atoms with van der Waals surface area (Å²) < 4.78 is 12.6. The highest BCUT2D eigenvalue weighted by atomic mass is 79.9. The van der Waals surface area contributed by atoms with E-state index in [9.17, 15) is 0 Å². The second kappa shape index (κ2) is 3.95. The lowest BCUT2D eigenvalue weighted by Crippen LogP contribution is -2.32. The molecule has 2 aliphatic heterocycles. The van der Waals surface area contributed by atoms with Crippen LogP contribution in [0.2, 0.25) is 0 Å². The molecule has 0 N–H and O–H groups in total. The highest BCUT2D eigenvalue weighted by Gasteiger charge is 2.44. The van der Waals surface area contributed by atoms with Gasteiger partial charge in [-0.1, -0.05) is 15.9 Å². The van der Waals surface area contributed by atoms with Crippen LogP contribution in [0.15, 0.2) is 28.0 Å². The van der Waals surface area contributed by atoms with Gasteiger partial charge in [-0.25, -0.2) is 0 Å². The molecule has 0 aliphatic carbocycles. The number of fused-ring (bicyclic) bond motifs is 2. The van der Waals surface area contributed by atoms with Gasteiger partial charge in [-0.3, -0.25) is 0 Å². The number of hydrogen-bond acceptors (Lipinski definition) is 3. The lowest BCUT2D eigenvalue weighted by atomic mass is 9.95. The van der Waals surface area contributed by atoms with Crippen LogP contribution in [0, 0.1) is 13.8 Å². The van der Waals surface area contributed by atoms with Crippen LogP contribution < -0.4 is 0 Å². The molecule has 2 heterocycles. The van der Waals surface area contributed by atoms with E-state index in [-0.39, 0.29) is 0 Å². The zero-order valence-electron chi connectivity index (χ0n) is 9.75. The molecule has 0 unspecified atom stereocenters. The number of halogens is 1. The Balaban J connectivity index is 2.25. The maximum Gasteiger partial charge on any atom is 0.278 e. The van der Waals surface area contributed by atoms with E-state index in [1.807, 2.05) is 11.8 Å². The van der Waals surface area contributed by atoms with Gasteiger partial charge in [0, 0.05) is 21.5 Å². The first-order chi connectivity index (χ1) is 8.14. The van der Waals surface area contributed by atoms with Crippen molar-refractivity contribution in [3.8, 4) is 0 Å². The van der Waals surface area contributed by atoms with Gasteiger partial charge >= 0.3 is 0 Å². The van der Waals surface area contributed by atoms with Crippen LogP contribution >= 0.6 is 27.7 Å². The second-order valence-electron chi connectivity index (χ2n) is 4.36. The maximum atomic E-state index is 5.76. The van der Waals surface area contributed by atoms with Gasteiger partial charge < -0.3 is 9.47 Å². The minimum absolute atomic E-state index is 0.584. The van der Waals surface area contributed by atoms with Crippen molar-refractivity contribution in [2.24, 2.45) is 0 Å². The van der Waals surface area contributed by atoms with E-state index < -0.39 is 5.79 Å². The molecular weight excluding hydrogens is 300 g/mol. The average Bonchev–Trinajstić information content (AvgIpc) is 2.75. The lowest BCUT2D eigenvalue weighted by Gasteiger charge is -2.35. The first-order valence-electron chi connectivity index (χ1n) is 5.58. The van der Waals surface area contributed by atoms with Gasteiger partial charge in [0.2, 0.25) is 0 Å². The van der Waals surface area contributed by atoms with Crippen molar-refractivity contribution in [2.75, 3.05) is 5.75 Å². The SMILES string of the molecule is Cc1cc(Br)c(C)c2c1SCCC21OC=CO1. The number of hydrogen-bond donors (Lipinski definition) is 0. The third-order valence-electron chi connectivity index (χ3n) is 3.29. The van der Waals surface area contributed by atoms with Crippen LogP contribution in [-0.2, 0) is 15.3 Å². The minimum Gasteiger partial charge on any atom is -0.453 e. The first kappa shape index (κ1) is 11.5. The number of aryl methyl sites for hydroxylation is 1. The first-order valence-corrected chi connectivity index (χ1v) is 7.35. The summed E-state index contributed by atoms with van der Waals surface area (Å²) >= 11 is 5.51. The molecule has 2 aliphatic rings. The molecule has 0 fully saturated rings. The molecule has 0 bridgehead atoms. The molecular formula is C13H13BrO2S. The van der Waals surface area contributed by atoms with Gasteiger partial charge in [-0.2, -0.15) is 0 Å². The highest BCUT2D eigenvalue weighted by Crippen LogP contribution is 2.49. The Labute approximate surface area is 114 Å². The molecule has 17 heavy (non-hydrogen) atoms. The summed E-state index contributed by atoms with van der Waals surface area (Å²) in [5.74, 6) is 0.440. The van der Waals surface area contributed by atoms with Crippen molar-refractivity contribution >= 4 is 27.7 Å². The number of ether oxygens (including phenoxy) is 2. The zero-order valence-corrected chi connectivity index (χ0v) is 12.2. The lowest BCUT2D eigenvalue weighted by molar-refractivity contribution is -0.154. The number of rotatable bonds is 0. The fourth-order valence-corrected chi connectivity index (χ4v) is 4.30. The molecule has 1 aromatic rings. The Morgan fingerprint density at radius 2 is 2.00 bits per heavy atom. The molecule has 2 nitrogen and oxygen atoms in total. The maximum absolute atomic E-state index is 5.76. The van der Waals surface area contributed by atoms with Gasteiger partial charge in [-0.15, -0.1) is 11.8 Å². The van der Waals surface area contributed by atoms with Crippen molar-refractivity contribution in [2.45, 2.75) is 31.0 Å². The van der Waals surface area contributed by atoms with E-state index in [4.69, 9.17) is 9.47 Å². The molecule has 0 atom stereocenters. The van der Waals surface area contributed by atoms with Crippen LogP contribution in [-0.4, -0.2) is 5.75 Å². The zero-order chi connectivity index (χ0) is 12.0. The van der Waals surface area contributed by atoms with Crippen molar-refractivity contribution in [1.29, 1.82) is 0 Å². The number of benzene rings is 1. The third-order valence-corrected chi connectivity index (χ3v) is 5.34. The topological polar surface area (TPSA) is 18.5 Å². The van der Waals surface area contributed by atoms with Crippen molar-refractivity contribution in [3.05, 3.63) is 39.8 Å². The monoisotopic (exact) mass is 312 g/mol. The predicted molar refractivity (Wildman–Crippen MR) is 71.9 cm³/mol. The van der Waals surface area contributed by atoms with Gasteiger partial charge in [0.05, 0.1) is 5.56 Å². The van der Waals surface area contributed by atoms with Crippen LogP contribution in [0.5, 0.6) is 0 Å². The van der Waals surface area contributed by atoms with Crippen LogP contribution in [0.1, 0.15) is 23.1 Å². The number of thioether (sulfide) groups is 1. The van der Waals surface area contributed by atoms with E-state index in [0.717, 1.165) is 16.6 Å². The molecule has 1 spiro atoms. The van der Waals surface area contributed by atoms with Crippen molar-refractivity contribution in [3.63, 3.8) is 0 Å². The molecule has 90 valence electrons. The van der Waals surface area contributed by atoms with Crippen LogP contribution in [0.4, 0.5) is 0 Å². The molecule has 4 heteroatoms. The van der Waals surface area contributed by atoms with Crippen molar-refractivity contribution in [1.82, 2.24) is 0 Å². The van der Waals surface area contributed by atoms with E-state index in [1.54, 1.807) is 12.5 Å². The molecule has 0 saturated heterocycles. The Hall–Kier alpha value is -0.610. The van der Waals surface area contributed by atoms with Crippen LogP contribution in [0.25, 0.3) is 0 Å². The van der Waals surface area contributed by atoms with Gasteiger partial charge in [0.25, 0.3) is 5.79 Å². The molecule has 3 rings (SSSR count). The average molecular weight is 313 g/mol. The van der Waals surface area contributed by atoms with E-state index in [1.165, 1.54) is 21.6 Å². The van der Waals surface area contributed by atoms with Gasteiger partial charge in [0.1, 0.15) is 12.5 Å². The second-order valence-corrected chi connectivity index (χ2v) is 6.32. The van der Waals surface area contributed by atoms with Crippen molar-refractivity contribution < 1.29 is 9.47 Å². The Bertz CT molecular complexity index is 503. The van der Waals surface area contributed by atoms with E-state index in [0.29, 0.717) is 0 Å². The summed E-state index contributed by atoms with van der Waals surface area (Å²) in [5, 5.41) is 0. The Kier molecular flexibility index (Phi) is 2.67. The van der Waals surface area contributed by atoms with E-state index in [2.05, 4.69) is 35.8 Å².